The number of likely N-dealkylation sites (tertiary alicyclic amines) is 2. The predicted octanol–water partition coefficient (Wildman–Crippen LogP) is 3.07. The Balaban J connectivity index is 1.45. The van der Waals surface area contributed by atoms with E-state index in [9.17, 15) is 14.0 Å². The van der Waals surface area contributed by atoms with Crippen molar-refractivity contribution in [3.63, 3.8) is 0 Å². The number of benzene rings is 1. The van der Waals surface area contributed by atoms with Gasteiger partial charge in [-0.15, -0.1) is 0 Å². The smallest absolute Gasteiger partial charge is 0.225 e. The number of rotatable bonds is 7. The SMILES string of the molecule is CN(C)c1ncc(-c2cccc(F)c2)c(C2CCN(C(=O)CCCN3CCCC3=O)C2)n1. The summed E-state index contributed by atoms with van der Waals surface area (Å²) in [5.74, 6) is 0.682. The van der Waals surface area contributed by atoms with Gasteiger partial charge in [-0.25, -0.2) is 14.4 Å². The van der Waals surface area contributed by atoms with Crippen molar-refractivity contribution in [3.8, 4) is 11.1 Å². The number of carbonyl (C=O) groups excluding carboxylic acids is 2. The summed E-state index contributed by atoms with van der Waals surface area (Å²) in [7, 11) is 3.77. The number of nitrogens with zero attached hydrogens (tertiary/aromatic N) is 5. The number of hydrogen-bond acceptors (Lipinski definition) is 5. The van der Waals surface area contributed by atoms with Gasteiger partial charge >= 0.3 is 0 Å². The van der Waals surface area contributed by atoms with E-state index in [1.165, 1.54) is 12.1 Å². The van der Waals surface area contributed by atoms with Gasteiger partial charge in [-0.05, 0) is 37.0 Å². The van der Waals surface area contributed by atoms with Crippen LogP contribution in [0.3, 0.4) is 0 Å². The maximum atomic E-state index is 13.9. The zero-order valence-electron chi connectivity index (χ0n) is 18.8. The van der Waals surface area contributed by atoms with Gasteiger partial charge in [0.2, 0.25) is 17.8 Å². The summed E-state index contributed by atoms with van der Waals surface area (Å²) in [6.45, 7) is 2.73. The maximum absolute atomic E-state index is 13.9. The third kappa shape index (κ3) is 4.89. The number of halogens is 1. The fourth-order valence-corrected chi connectivity index (χ4v) is 4.52. The first kappa shape index (κ1) is 22.2. The molecule has 2 aliphatic rings. The molecule has 8 heteroatoms. The fraction of sp³-hybridized carbons (Fsp3) is 0.500. The lowest BCUT2D eigenvalue weighted by atomic mass is 9.96. The van der Waals surface area contributed by atoms with Crippen molar-refractivity contribution in [2.75, 3.05) is 45.2 Å². The molecule has 1 aromatic heterocycles. The van der Waals surface area contributed by atoms with Crippen LogP contribution in [0, 0.1) is 5.82 Å². The normalized spacial score (nSPS) is 18.5. The highest BCUT2D eigenvalue weighted by molar-refractivity contribution is 5.79. The molecule has 0 bridgehead atoms. The number of amides is 2. The van der Waals surface area contributed by atoms with Crippen LogP contribution in [0.1, 0.15) is 43.7 Å². The lowest BCUT2D eigenvalue weighted by molar-refractivity contribution is -0.131. The summed E-state index contributed by atoms with van der Waals surface area (Å²) >= 11 is 0. The summed E-state index contributed by atoms with van der Waals surface area (Å²) < 4.78 is 13.9. The summed E-state index contributed by atoms with van der Waals surface area (Å²) in [5.41, 5.74) is 2.40. The molecule has 3 heterocycles. The van der Waals surface area contributed by atoms with Crippen molar-refractivity contribution in [1.29, 1.82) is 0 Å². The summed E-state index contributed by atoms with van der Waals surface area (Å²) in [6.07, 6.45) is 5.25. The first-order chi connectivity index (χ1) is 15.4. The summed E-state index contributed by atoms with van der Waals surface area (Å²) in [5, 5.41) is 0. The Morgan fingerprint density at radius 3 is 2.84 bits per heavy atom. The molecule has 0 radical (unpaired) electrons. The van der Waals surface area contributed by atoms with E-state index in [-0.39, 0.29) is 23.5 Å². The average Bonchev–Trinajstić information content (AvgIpc) is 3.43. The molecule has 1 unspecified atom stereocenters. The maximum Gasteiger partial charge on any atom is 0.225 e. The standard InChI is InChI=1S/C24H30FN5O2/c1-28(2)24-26-15-20(17-6-3-7-19(25)14-17)23(27-24)18-10-13-30(16-18)22(32)9-5-12-29-11-4-8-21(29)31/h3,6-7,14-15,18H,4-5,8-13,16H2,1-2H3. The van der Waals surface area contributed by atoms with Crippen LogP contribution in [-0.2, 0) is 9.59 Å². The van der Waals surface area contributed by atoms with Crippen LogP contribution in [0.25, 0.3) is 11.1 Å². The number of aromatic nitrogens is 2. The molecule has 1 atom stereocenters. The first-order valence-electron chi connectivity index (χ1n) is 11.3. The molecule has 2 aliphatic heterocycles. The zero-order chi connectivity index (χ0) is 22.7. The van der Waals surface area contributed by atoms with Gasteiger partial charge in [0, 0.05) is 70.8 Å². The van der Waals surface area contributed by atoms with E-state index in [0.29, 0.717) is 44.8 Å². The summed E-state index contributed by atoms with van der Waals surface area (Å²) in [4.78, 5) is 39.3. The third-order valence-corrected chi connectivity index (χ3v) is 6.26. The molecule has 7 nitrogen and oxygen atoms in total. The molecular formula is C24H30FN5O2. The highest BCUT2D eigenvalue weighted by Crippen LogP contribution is 2.34. The highest BCUT2D eigenvalue weighted by Gasteiger charge is 2.31. The van der Waals surface area contributed by atoms with Crippen LogP contribution >= 0.6 is 0 Å². The Morgan fingerprint density at radius 2 is 2.12 bits per heavy atom. The molecular weight excluding hydrogens is 409 g/mol. The van der Waals surface area contributed by atoms with Gasteiger partial charge in [0.15, 0.2) is 0 Å². The minimum absolute atomic E-state index is 0.0686. The third-order valence-electron chi connectivity index (χ3n) is 6.26. The van der Waals surface area contributed by atoms with Crippen LogP contribution in [0.4, 0.5) is 10.3 Å². The van der Waals surface area contributed by atoms with Crippen molar-refractivity contribution in [1.82, 2.24) is 19.8 Å². The Bertz CT molecular complexity index is 996. The van der Waals surface area contributed by atoms with Gasteiger partial charge in [-0.1, -0.05) is 12.1 Å². The van der Waals surface area contributed by atoms with E-state index in [1.54, 1.807) is 12.3 Å². The molecule has 2 saturated heterocycles. The minimum atomic E-state index is -0.301. The molecule has 0 spiro atoms. The van der Waals surface area contributed by atoms with E-state index in [2.05, 4.69) is 4.98 Å². The van der Waals surface area contributed by atoms with E-state index >= 15 is 0 Å². The Labute approximate surface area is 188 Å². The van der Waals surface area contributed by atoms with Crippen molar-refractivity contribution >= 4 is 17.8 Å². The van der Waals surface area contributed by atoms with Gasteiger partial charge < -0.3 is 14.7 Å². The average molecular weight is 440 g/mol. The van der Waals surface area contributed by atoms with E-state index in [1.807, 2.05) is 34.9 Å². The van der Waals surface area contributed by atoms with Gasteiger partial charge in [0.1, 0.15) is 5.82 Å². The second-order valence-electron chi connectivity index (χ2n) is 8.79. The van der Waals surface area contributed by atoms with E-state index in [4.69, 9.17) is 4.98 Å². The molecule has 2 amide bonds. The topological polar surface area (TPSA) is 69.6 Å². The van der Waals surface area contributed by atoms with Gasteiger partial charge in [0.25, 0.3) is 0 Å². The molecule has 0 N–H and O–H groups in total. The lowest BCUT2D eigenvalue weighted by Gasteiger charge is -2.20. The van der Waals surface area contributed by atoms with Crippen molar-refractivity contribution in [2.24, 2.45) is 0 Å². The second-order valence-corrected chi connectivity index (χ2v) is 8.79. The minimum Gasteiger partial charge on any atom is -0.347 e. The molecule has 32 heavy (non-hydrogen) atoms. The van der Waals surface area contributed by atoms with Crippen LogP contribution in [-0.4, -0.2) is 71.9 Å². The number of hydrogen-bond donors (Lipinski definition) is 0. The van der Waals surface area contributed by atoms with Crippen molar-refractivity contribution < 1.29 is 14.0 Å². The monoisotopic (exact) mass is 439 g/mol. The lowest BCUT2D eigenvalue weighted by Crippen LogP contribution is -2.30. The molecule has 2 aromatic rings. The van der Waals surface area contributed by atoms with Crippen LogP contribution in [0.2, 0.25) is 0 Å². The molecule has 1 aromatic carbocycles. The van der Waals surface area contributed by atoms with Gasteiger partial charge in [0.05, 0.1) is 5.69 Å². The Kier molecular flexibility index (Phi) is 6.67. The quantitative estimate of drug-likeness (QED) is 0.663. The van der Waals surface area contributed by atoms with Crippen LogP contribution in [0.5, 0.6) is 0 Å². The van der Waals surface area contributed by atoms with E-state index in [0.717, 1.165) is 36.2 Å². The molecule has 0 saturated carbocycles. The van der Waals surface area contributed by atoms with Gasteiger partial charge in [-0.3, -0.25) is 9.59 Å². The van der Waals surface area contributed by atoms with Crippen LogP contribution < -0.4 is 4.90 Å². The Morgan fingerprint density at radius 1 is 1.28 bits per heavy atom. The molecule has 0 aliphatic carbocycles. The molecule has 2 fully saturated rings. The first-order valence-corrected chi connectivity index (χ1v) is 11.3. The fourth-order valence-electron chi connectivity index (χ4n) is 4.52. The number of anilines is 1. The van der Waals surface area contributed by atoms with Gasteiger partial charge in [-0.2, -0.15) is 0 Å². The molecule has 170 valence electrons. The highest BCUT2D eigenvalue weighted by atomic mass is 19.1. The number of carbonyl (C=O) groups is 2. The second kappa shape index (κ2) is 9.63. The van der Waals surface area contributed by atoms with E-state index < -0.39 is 0 Å². The largest absolute Gasteiger partial charge is 0.347 e. The van der Waals surface area contributed by atoms with Crippen molar-refractivity contribution in [3.05, 3.63) is 42.0 Å². The predicted molar refractivity (Wildman–Crippen MR) is 121 cm³/mol. The molecule has 4 rings (SSSR count). The van der Waals surface area contributed by atoms with Crippen molar-refractivity contribution in [2.45, 2.75) is 38.0 Å². The Hall–Kier alpha value is -3.03. The van der Waals surface area contributed by atoms with Crippen LogP contribution in [0.15, 0.2) is 30.5 Å². The summed E-state index contributed by atoms with van der Waals surface area (Å²) in [6, 6.07) is 6.46. The zero-order valence-corrected chi connectivity index (χ0v) is 18.8.